The first kappa shape index (κ1) is 23.0. The smallest absolute Gasteiger partial charge is 0.302 e. The molecule has 0 aromatic rings. The van der Waals surface area contributed by atoms with Gasteiger partial charge in [-0.15, -0.1) is 0 Å². The maximum atomic E-state index is 14.3. The second-order valence-electron chi connectivity index (χ2n) is 12.7. The van der Waals surface area contributed by atoms with Gasteiger partial charge in [-0.05, 0) is 80.7 Å². The molecule has 2 saturated heterocycles. The standard InChI is InChI=1S/C29H41NO4/c1-15-12-23-26(30-14-15)17(3)29(34-23)11-9-21-22-7-6-19-13-20(33-18(4)31)8-10-28(19,5)25(22)27(32)24(21)16(29)2/h6,15,17,20-23,25-26,30H,7-14H2,1-5H3/t15-,17-,20+,21+,22-,23-,25-,26+,28-,29+/m0/s1. The van der Waals surface area contributed by atoms with Crippen molar-refractivity contribution >= 4 is 11.8 Å². The quantitative estimate of drug-likeness (QED) is 0.445. The topological polar surface area (TPSA) is 64.6 Å². The molecule has 34 heavy (non-hydrogen) atoms. The first-order valence-corrected chi connectivity index (χ1v) is 13.7. The summed E-state index contributed by atoms with van der Waals surface area (Å²) in [5.74, 6) is 2.06. The van der Waals surface area contributed by atoms with Crippen LogP contribution >= 0.6 is 0 Å². The van der Waals surface area contributed by atoms with Gasteiger partial charge in [0.2, 0.25) is 0 Å². The summed E-state index contributed by atoms with van der Waals surface area (Å²) in [5.41, 5.74) is 3.32. The van der Waals surface area contributed by atoms with Crippen LogP contribution in [0.4, 0.5) is 0 Å². The summed E-state index contributed by atoms with van der Waals surface area (Å²) in [4.78, 5) is 25.8. The molecule has 1 spiro atoms. The van der Waals surface area contributed by atoms with E-state index in [4.69, 9.17) is 9.47 Å². The molecule has 6 aliphatic rings. The summed E-state index contributed by atoms with van der Waals surface area (Å²) in [7, 11) is 0. The number of carbonyl (C=O) groups excluding carboxylic acids is 2. The first-order chi connectivity index (χ1) is 16.2. The monoisotopic (exact) mass is 467 g/mol. The number of ketones is 1. The molecule has 5 heteroatoms. The average Bonchev–Trinajstić information content (AvgIpc) is 3.23. The fourth-order valence-corrected chi connectivity index (χ4v) is 9.25. The van der Waals surface area contributed by atoms with Crippen molar-refractivity contribution in [3.8, 4) is 0 Å². The number of hydrogen-bond donors (Lipinski definition) is 1. The van der Waals surface area contributed by atoms with Gasteiger partial charge in [0.1, 0.15) is 6.10 Å². The van der Waals surface area contributed by atoms with Crippen LogP contribution < -0.4 is 5.32 Å². The van der Waals surface area contributed by atoms with Gasteiger partial charge in [0.15, 0.2) is 5.78 Å². The van der Waals surface area contributed by atoms with Crippen molar-refractivity contribution in [2.75, 3.05) is 6.54 Å². The number of piperidine rings is 1. The summed E-state index contributed by atoms with van der Waals surface area (Å²) >= 11 is 0. The SMILES string of the molecule is CC(=O)O[C@@H]1CC[C@@]2(C)C(=CC[C@@H]3[C@H]2C(=O)C2=C(C)[C@@]4(CC[C@@H]23)O[C@H]2C[C@H](C)CN[C@@H]2[C@@H]4C)C1. The zero-order valence-electron chi connectivity index (χ0n) is 21.5. The van der Waals surface area contributed by atoms with Gasteiger partial charge in [-0.2, -0.15) is 0 Å². The van der Waals surface area contributed by atoms with Crippen LogP contribution in [0.3, 0.4) is 0 Å². The van der Waals surface area contributed by atoms with Crippen molar-refractivity contribution in [1.29, 1.82) is 0 Å². The van der Waals surface area contributed by atoms with E-state index in [2.05, 4.69) is 39.1 Å². The van der Waals surface area contributed by atoms with Crippen LogP contribution in [0.15, 0.2) is 22.8 Å². The third kappa shape index (κ3) is 3.05. The Morgan fingerprint density at radius 2 is 2.03 bits per heavy atom. The van der Waals surface area contributed by atoms with Gasteiger partial charge < -0.3 is 14.8 Å². The van der Waals surface area contributed by atoms with Gasteiger partial charge in [-0.1, -0.05) is 32.4 Å². The molecule has 2 heterocycles. The van der Waals surface area contributed by atoms with E-state index in [0.717, 1.165) is 57.1 Å². The third-order valence-electron chi connectivity index (χ3n) is 10.9. The Morgan fingerprint density at radius 3 is 2.79 bits per heavy atom. The van der Waals surface area contributed by atoms with Crippen LogP contribution in [0.5, 0.6) is 0 Å². The largest absolute Gasteiger partial charge is 0.462 e. The molecule has 186 valence electrons. The number of esters is 1. The molecule has 5 nitrogen and oxygen atoms in total. The number of allylic oxidation sites excluding steroid dienone is 2. The van der Waals surface area contributed by atoms with E-state index in [9.17, 15) is 9.59 Å². The fraction of sp³-hybridized carbons (Fsp3) is 0.793. The van der Waals surface area contributed by atoms with Gasteiger partial charge >= 0.3 is 5.97 Å². The molecular formula is C29H41NO4. The minimum absolute atomic E-state index is 0.0395. The van der Waals surface area contributed by atoms with E-state index < -0.39 is 0 Å². The fourth-order valence-electron chi connectivity index (χ4n) is 9.25. The van der Waals surface area contributed by atoms with Crippen molar-refractivity contribution in [3.05, 3.63) is 22.8 Å². The molecule has 0 bridgehead atoms. The van der Waals surface area contributed by atoms with E-state index in [0.29, 0.717) is 35.5 Å². The molecule has 0 aromatic carbocycles. The molecule has 4 aliphatic carbocycles. The molecule has 1 N–H and O–H groups in total. The third-order valence-corrected chi connectivity index (χ3v) is 10.9. The predicted octanol–water partition coefficient (Wildman–Crippen LogP) is 4.75. The Kier molecular flexibility index (Phi) is 5.25. The molecule has 2 aliphatic heterocycles. The van der Waals surface area contributed by atoms with E-state index in [-0.39, 0.29) is 35.1 Å². The number of nitrogens with one attached hydrogen (secondary N) is 1. The Labute approximate surface area is 204 Å². The molecule has 4 fully saturated rings. The lowest BCUT2D eigenvalue weighted by atomic mass is 9.56. The van der Waals surface area contributed by atoms with Crippen molar-refractivity contribution in [1.82, 2.24) is 5.32 Å². The lowest BCUT2D eigenvalue weighted by Gasteiger charge is -2.48. The van der Waals surface area contributed by atoms with Gasteiger partial charge in [0.05, 0.1) is 11.7 Å². The van der Waals surface area contributed by atoms with Crippen molar-refractivity contribution < 1.29 is 19.1 Å². The van der Waals surface area contributed by atoms with E-state index in [1.54, 1.807) is 0 Å². The molecule has 2 saturated carbocycles. The lowest BCUT2D eigenvalue weighted by Crippen LogP contribution is -2.49. The van der Waals surface area contributed by atoms with Crippen LogP contribution in [0, 0.1) is 35.0 Å². The number of rotatable bonds is 1. The van der Waals surface area contributed by atoms with E-state index >= 15 is 0 Å². The van der Waals surface area contributed by atoms with Crippen molar-refractivity contribution in [2.24, 2.45) is 35.0 Å². The minimum atomic E-state index is -0.286. The molecule has 0 aromatic heterocycles. The van der Waals surface area contributed by atoms with Crippen molar-refractivity contribution in [3.63, 3.8) is 0 Å². The summed E-state index contributed by atoms with van der Waals surface area (Å²) in [6.07, 6.45) is 9.37. The number of carbonyl (C=O) groups is 2. The van der Waals surface area contributed by atoms with E-state index in [1.807, 2.05) is 0 Å². The Bertz CT molecular complexity index is 983. The molecular weight excluding hydrogens is 426 g/mol. The van der Waals surface area contributed by atoms with Crippen LogP contribution in [-0.4, -0.2) is 42.1 Å². The van der Waals surface area contributed by atoms with Crippen LogP contribution in [0.25, 0.3) is 0 Å². The highest BCUT2D eigenvalue weighted by Crippen LogP contribution is 2.63. The highest BCUT2D eigenvalue weighted by molar-refractivity contribution is 6.02. The zero-order valence-corrected chi connectivity index (χ0v) is 21.5. The normalized spacial score (nSPS) is 49.8. The highest BCUT2D eigenvalue weighted by Gasteiger charge is 2.63. The Balaban J connectivity index is 1.33. The number of Topliss-reactive ketones (excluding diaryl/α,β-unsaturated/α-hetero) is 1. The first-order valence-electron chi connectivity index (χ1n) is 13.7. The zero-order chi connectivity index (χ0) is 24.0. The Hall–Kier alpha value is -1.46. The number of hydrogen-bond acceptors (Lipinski definition) is 5. The maximum Gasteiger partial charge on any atom is 0.302 e. The van der Waals surface area contributed by atoms with Gasteiger partial charge in [-0.25, -0.2) is 0 Å². The summed E-state index contributed by atoms with van der Waals surface area (Å²) in [6.45, 7) is 11.7. The molecule has 6 rings (SSSR count). The van der Waals surface area contributed by atoms with Crippen LogP contribution in [0.2, 0.25) is 0 Å². The summed E-state index contributed by atoms with van der Waals surface area (Å²) < 4.78 is 12.5. The molecule has 10 atom stereocenters. The average molecular weight is 468 g/mol. The number of ether oxygens (including phenoxy) is 2. The second kappa shape index (κ2) is 7.77. The minimum Gasteiger partial charge on any atom is -0.462 e. The van der Waals surface area contributed by atoms with Gasteiger partial charge in [0.25, 0.3) is 0 Å². The summed E-state index contributed by atoms with van der Waals surface area (Å²) in [5, 5.41) is 3.78. The lowest BCUT2D eigenvalue weighted by molar-refractivity contribution is -0.148. The van der Waals surface area contributed by atoms with Gasteiger partial charge in [0, 0.05) is 36.8 Å². The number of fused-ring (bicyclic) bond motifs is 6. The maximum absolute atomic E-state index is 14.3. The van der Waals surface area contributed by atoms with E-state index in [1.165, 1.54) is 18.1 Å². The van der Waals surface area contributed by atoms with Crippen LogP contribution in [0.1, 0.15) is 79.6 Å². The molecule has 0 unspecified atom stereocenters. The summed E-state index contributed by atoms with van der Waals surface area (Å²) in [6, 6.07) is 0.393. The Morgan fingerprint density at radius 1 is 1.24 bits per heavy atom. The highest BCUT2D eigenvalue weighted by atomic mass is 16.5. The predicted molar refractivity (Wildman–Crippen MR) is 130 cm³/mol. The second-order valence-corrected chi connectivity index (χ2v) is 12.7. The molecule has 0 amide bonds. The molecule has 0 radical (unpaired) electrons. The van der Waals surface area contributed by atoms with Gasteiger partial charge in [-0.3, -0.25) is 9.59 Å². The van der Waals surface area contributed by atoms with Crippen LogP contribution in [-0.2, 0) is 19.1 Å². The van der Waals surface area contributed by atoms with Crippen molar-refractivity contribution in [2.45, 2.75) is 103 Å².